The molecule has 3 heteroatoms. The van der Waals surface area contributed by atoms with Gasteiger partial charge in [-0.3, -0.25) is 0 Å². The lowest BCUT2D eigenvalue weighted by Crippen LogP contribution is -2.28. The molecule has 0 amide bonds. The minimum atomic E-state index is 0.509. The van der Waals surface area contributed by atoms with E-state index >= 15 is 0 Å². The molecule has 0 aliphatic heterocycles. The van der Waals surface area contributed by atoms with Gasteiger partial charge >= 0.3 is 0 Å². The van der Waals surface area contributed by atoms with Crippen molar-refractivity contribution in [2.75, 3.05) is 6.54 Å². The lowest BCUT2D eigenvalue weighted by Gasteiger charge is -2.23. The molecule has 1 saturated carbocycles. The Morgan fingerprint density at radius 2 is 2.19 bits per heavy atom. The van der Waals surface area contributed by atoms with E-state index in [9.17, 15) is 0 Å². The second-order valence-corrected chi connectivity index (χ2v) is 6.17. The fourth-order valence-corrected chi connectivity index (χ4v) is 3.20. The van der Waals surface area contributed by atoms with Crippen molar-refractivity contribution >= 4 is 11.3 Å². The van der Waals surface area contributed by atoms with Crippen molar-refractivity contribution in [3.63, 3.8) is 0 Å². The van der Waals surface area contributed by atoms with Crippen LogP contribution in [0.1, 0.15) is 42.4 Å². The summed E-state index contributed by atoms with van der Waals surface area (Å²) in [5.74, 6) is 0. The van der Waals surface area contributed by atoms with Crippen molar-refractivity contribution in [2.24, 2.45) is 5.41 Å². The van der Waals surface area contributed by atoms with Crippen LogP contribution in [0.3, 0.4) is 0 Å². The van der Waals surface area contributed by atoms with E-state index in [0.717, 1.165) is 18.0 Å². The van der Waals surface area contributed by atoms with Crippen molar-refractivity contribution in [1.29, 1.82) is 5.26 Å². The molecule has 2 rings (SSSR count). The van der Waals surface area contributed by atoms with E-state index in [4.69, 9.17) is 5.26 Å². The molecule has 86 valence electrons. The second-order valence-electron chi connectivity index (χ2n) is 5.00. The van der Waals surface area contributed by atoms with E-state index in [0.29, 0.717) is 5.41 Å². The molecule has 1 aromatic heterocycles. The minimum absolute atomic E-state index is 0.509. The van der Waals surface area contributed by atoms with Gasteiger partial charge in [-0.2, -0.15) is 5.26 Å². The first kappa shape index (κ1) is 11.6. The lowest BCUT2D eigenvalue weighted by molar-refractivity contribution is 0.315. The van der Waals surface area contributed by atoms with Gasteiger partial charge in [0.15, 0.2) is 0 Å². The smallest absolute Gasteiger partial charge is 0.110 e. The van der Waals surface area contributed by atoms with Crippen LogP contribution in [0.25, 0.3) is 0 Å². The van der Waals surface area contributed by atoms with Crippen molar-refractivity contribution in [2.45, 2.75) is 39.2 Å². The van der Waals surface area contributed by atoms with Gasteiger partial charge in [-0.25, -0.2) is 0 Å². The summed E-state index contributed by atoms with van der Waals surface area (Å²) in [6.07, 6.45) is 5.48. The van der Waals surface area contributed by atoms with Crippen LogP contribution in [0.5, 0.6) is 0 Å². The normalized spacial score (nSPS) is 18.5. The largest absolute Gasteiger partial charge is 0.311 e. The molecule has 0 saturated heterocycles. The maximum Gasteiger partial charge on any atom is 0.110 e. The first-order valence-corrected chi connectivity index (χ1v) is 6.73. The predicted octanol–water partition coefficient (Wildman–Crippen LogP) is 3.29. The molecular formula is C13H18N2S. The van der Waals surface area contributed by atoms with E-state index in [1.165, 1.54) is 30.6 Å². The summed E-state index contributed by atoms with van der Waals surface area (Å²) in [6, 6.07) is 6.13. The molecule has 1 aromatic rings. The molecule has 0 radical (unpaired) electrons. The third-order valence-electron chi connectivity index (χ3n) is 3.43. The molecule has 1 N–H and O–H groups in total. The molecule has 0 bridgehead atoms. The van der Waals surface area contributed by atoms with Crippen molar-refractivity contribution in [1.82, 2.24) is 5.32 Å². The molecule has 1 fully saturated rings. The van der Waals surface area contributed by atoms with Gasteiger partial charge in [-0.05, 0) is 30.4 Å². The zero-order valence-corrected chi connectivity index (χ0v) is 10.6. The van der Waals surface area contributed by atoms with E-state index in [1.54, 1.807) is 11.3 Å². The molecular weight excluding hydrogens is 216 g/mol. The summed E-state index contributed by atoms with van der Waals surface area (Å²) in [6.45, 7) is 4.39. The van der Waals surface area contributed by atoms with Gasteiger partial charge in [-0.1, -0.05) is 19.8 Å². The Bertz CT molecular complexity index is 383. The molecule has 16 heavy (non-hydrogen) atoms. The summed E-state index contributed by atoms with van der Waals surface area (Å²) >= 11 is 1.59. The average Bonchev–Trinajstić information content (AvgIpc) is 2.88. The molecule has 0 spiro atoms. The van der Waals surface area contributed by atoms with Crippen molar-refractivity contribution in [3.8, 4) is 6.07 Å². The topological polar surface area (TPSA) is 35.8 Å². The number of thiophene rings is 1. The summed E-state index contributed by atoms with van der Waals surface area (Å²) < 4.78 is 0. The van der Waals surface area contributed by atoms with Crippen LogP contribution in [-0.4, -0.2) is 6.54 Å². The highest BCUT2D eigenvalue weighted by atomic mass is 32.1. The number of rotatable bonds is 4. The van der Waals surface area contributed by atoms with Crippen LogP contribution in [0.15, 0.2) is 12.1 Å². The van der Waals surface area contributed by atoms with Crippen molar-refractivity contribution in [3.05, 3.63) is 21.9 Å². The summed E-state index contributed by atoms with van der Waals surface area (Å²) in [7, 11) is 0. The van der Waals surface area contributed by atoms with Crippen LogP contribution >= 0.6 is 11.3 Å². The third kappa shape index (κ3) is 2.84. The summed E-state index contributed by atoms with van der Waals surface area (Å²) in [5.41, 5.74) is 0.509. The third-order valence-corrected chi connectivity index (χ3v) is 4.42. The Labute approximate surface area is 101 Å². The van der Waals surface area contributed by atoms with Crippen LogP contribution < -0.4 is 5.32 Å². The van der Waals surface area contributed by atoms with Gasteiger partial charge in [0.2, 0.25) is 0 Å². The number of nitriles is 1. The Morgan fingerprint density at radius 3 is 2.81 bits per heavy atom. The van der Waals surface area contributed by atoms with Gasteiger partial charge in [-0.15, -0.1) is 11.3 Å². The standard InChI is InChI=1S/C13H18N2S/c1-13(6-2-3-7-13)10-15-9-12-5-4-11(8-14)16-12/h4-5,15H,2-3,6-7,9-10H2,1H3. The number of hydrogen-bond acceptors (Lipinski definition) is 3. The zero-order valence-electron chi connectivity index (χ0n) is 9.75. The molecule has 0 atom stereocenters. The van der Waals surface area contributed by atoms with E-state index < -0.39 is 0 Å². The Balaban J connectivity index is 1.77. The molecule has 0 unspecified atom stereocenters. The quantitative estimate of drug-likeness (QED) is 0.867. The Kier molecular flexibility index (Phi) is 3.63. The fourth-order valence-electron chi connectivity index (χ4n) is 2.43. The predicted molar refractivity (Wildman–Crippen MR) is 67.3 cm³/mol. The molecule has 1 aliphatic carbocycles. The van der Waals surface area contributed by atoms with E-state index in [1.807, 2.05) is 12.1 Å². The average molecular weight is 234 g/mol. The highest BCUT2D eigenvalue weighted by Gasteiger charge is 2.27. The molecule has 2 nitrogen and oxygen atoms in total. The van der Waals surface area contributed by atoms with Crippen LogP contribution in [0.4, 0.5) is 0 Å². The lowest BCUT2D eigenvalue weighted by atomic mass is 9.89. The van der Waals surface area contributed by atoms with Crippen molar-refractivity contribution < 1.29 is 0 Å². The summed E-state index contributed by atoms with van der Waals surface area (Å²) in [4.78, 5) is 2.07. The number of nitrogens with one attached hydrogen (secondary N) is 1. The van der Waals surface area contributed by atoms with Gasteiger partial charge in [0.25, 0.3) is 0 Å². The highest BCUT2D eigenvalue weighted by Crippen LogP contribution is 2.36. The van der Waals surface area contributed by atoms with Gasteiger partial charge in [0, 0.05) is 18.0 Å². The minimum Gasteiger partial charge on any atom is -0.311 e. The molecule has 1 heterocycles. The van der Waals surface area contributed by atoms with Crippen LogP contribution in [0.2, 0.25) is 0 Å². The van der Waals surface area contributed by atoms with E-state index in [2.05, 4.69) is 18.3 Å². The number of hydrogen-bond donors (Lipinski definition) is 1. The maximum absolute atomic E-state index is 8.73. The molecule has 0 aromatic carbocycles. The SMILES string of the molecule is CC1(CNCc2ccc(C#N)s2)CCCC1. The van der Waals surface area contributed by atoms with Gasteiger partial charge < -0.3 is 5.32 Å². The fraction of sp³-hybridized carbons (Fsp3) is 0.615. The van der Waals surface area contributed by atoms with Crippen LogP contribution in [0, 0.1) is 16.7 Å². The first-order valence-electron chi connectivity index (χ1n) is 5.91. The van der Waals surface area contributed by atoms with Gasteiger partial charge in [0.1, 0.15) is 10.9 Å². The first-order chi connectivity index (χ1) is 7.72. The van der Waals surface area contributed by atoms with E-state index in [-0.39, 0.29) is 0 Å². The van der Waals surface area contributed by atoms with Crippen LogP contribution in [-0.2, 0) is 6.54 Å². The highest BCUT2D eigenvalue weighted by molar-refractivity contribution is 7.12. The molecule has 1 aliphatic rings. The maximum atomic E-state index is 8.73. The monoisotopic (exact) mass is 234 g/mol. The Hall–Kier alpha value is -0.850. The second kappa shape index (κ2) is 4.99. The number of nitrogens with zero attached hydrogens (tertiary/aromatic N) is 1. The summed E-state index contributed by atoms with van der Waals surface area (Å²) in [5, 5.41) is 12.3. The van der Waals surface area contributed by atoms with Gasteiger partial charge in [0.05, 0.1) is 0 Å². The zero-order chi connectivity index (χ0) is 11.4. The Morgan fingerprint density at radius 1 is 1.44 bits per heavy atom.